The summed E-state index contributed by atoms with van der Waals surface area (Å²) in [5, 5.41) is 15.3. The van der Waals surface area contributed by atoms with Crippen molar-refractivity contribution >= 4 is 5.97 Å². The Bertz CT molecular complexity index is 82.1. The minimum atomic E-state index is -0.833. The van der Waals surface area contributed by atoms with E-state index in [1.807, 2.05) is 20.8 Å². The van der Waals surface area contributed by atoms with E-state index < -0.39 is 5.97 Å². The van der Waals surface area contributed by atoms with Gasteiger partial charge in [-0.2, -0.15) is 12.8 Å². The molecule has 0 aromatic carbocycles. The molecule has 0 aromatic rings. The van der Waals surface area contributed by atoms with Crippen LogP contribution in [0.2, 0.25) is 0 Å². The Kier molecular flexibility index (Phi) is 112. The number of carboxylic acids is 1. The molecule has 0 radical (unpaired) electrons. The molecule has 0 saturated heterocycles. The average molecular weight is 270 g/mol. The molecule has 0 atom stereocenters. The van der Waals surface area contributed by atoms with E-state index in [9.17, 15) is 0 Å². The van der Waals surface area contributed by atoms with Crippen molar-refractivity contribution in [3.05, 3.63) is 13.8 Å². The van der Waals surface area contributed by atoms with Crippen molar-refractivity contribution < 1.29 is 38.7 Å². The summed E-state index contributed by atoms with van der Waals surface area (Å²) in [6, 6.07) is 0. The molecule has 0 aliphatic carbocycles. The molecule has 0 aliphatic rings. The van der Waals surface area contributed by atoms with Crippen LogP contribution < -0.4 is 0 Å². The van der Waals surface area contributed by atoms with Gasteiger partial charge in [0.25, 0.3) is 5.97 Å². The van der Waals surface area contributed by atoms with Crippen molar-refractivity contribution in [1.29, 1.82) is 0 Å². The predicted molar refractivity (Wildman–Crippen MR) is 62.7 cm³/mol. The molecule has 0 aliphatic heterocycles. The summed E-state index contributed by atoms with van der Waals surface area (Å²) in [7, 11) is 0. The van der Waals surface area contributed by atoms with Crippen LogP contribution in [-0.2, 0) is 28.5 Å². The first-order chi connectivity index (χ1) is 7.47. The van der Waals surface area contributed by atoms with Gasteiger partial charge >= 0.3 is 23.7 Å². The third kappa shape index (κ3) is 2620. The molecule has 0 aromatic heterocycles. The van der Waals surface area contributed by atoms with Crippen molar-refractivity contribution in [2.45, 2.75) is 47.0 Å². The Hall–Kier alpha value is -0.0557. The number of hydrogen-bond acceptors (Lipinski definition) is 3. The molecule has 0 unspecified atom stereocenters. The number of aliphatic hydroxyl groups is 1. The van der Waals surface area contributed by atoms with Crippen LogP contribution in [0, 0.1) is 13.8 Å². The first-order valence-electron chi connectivity index (χ1n) is 5.07. The Morgan fingerprint density at radius 2 is 1.19 bits per heavy atom. The van der Waals surface area contributed by atoms with Crippen LogP contribution in [-0.4, -0.2) is 22.8 Å². The molecule has 0 bridgehead atoms. The fourth-order valence-corrected chi connectivity index (χ4v) is 0. The van der Waals surface area contributed by atoms with Gasteiger partial charge in [0.2, 0.25) is 0 Å². The second-order valence-corrected chi connectivity index (χ2v) is 2.24. The van der Waals surface area contributed by atoms with Gasteiger partial charge in [0.15, 0.2) is 0 Å². The monoisotopic (exact) mass is 270 g/mol. The number of hydrogen-bond donors (Lipinski definition) is 2. The second kappa shape index (κ2) is 60.3. The van der Waals surface area contributed by atoms with Gasteiger partial charge in [-0.15, -0.1) is 0 Å². The Morgan fingerprint density at radius 3 is 1.19 bits per heavy atom. The summed E-state index contributed by atoms with van der Waals surface area (Å²) in [6.45, 7) is 14.3. The van der Waals surface area contributed by atoms with Gasteiger partial charge in [-0.05, 0) is 6.42 Å². The standard InChI is InChI=1S/C3H8O.2C3H7.C2H4O2.O.Ti/c1-2-3-4;2*1-3-2;1-2(3)4;;/h4H,2-3H2,1H3;2*1,3H2,2H3;1H3,(H,3,4);;/q;2*-1;;;+2. The van der Waals surface area contributed by atoms with Gasteiger partial charge in [0.05, 0.1) is 0 Å². The van der Waals surface area contributed by atoms with Gasteiger partial charge in [-0.1, -0.05) is 20.8 Å². The summed E-state index contributed by atoms with van der Waals surface area (Å²) in [5.41, 5.74) is 0. The number of aliphatic carboxylic acids is 1. The van der Waals surface area contributed by atoms with E-state index >= 15 is 0 Å². The van der Waals surface area contributed by atoms with Crippen molar-refractivity contribution in [3.63, 3.8) is 0 Å². The Balaban J connectivity index is -0.0000000322. The zero-order valence-electron chi connectivity index (χ0n) is 11.0. The molecular formula is C11H26O4Ti. The quantitative estimate of drug-likeness (QED) is 0.567. The number of carboxylic acid groups (broad SMARTS) is 1. The predicted octanol–water partition coefficient (Wildman–Crippen LogP) is 2.82. The number of carbonyl (C=O) groups is 1. The van der Waals surface area contributed by atoms with Gasteiger partial charge in [0.1, 0.15) is 0 Å². The molecule has 2 N–H and O–H groups in total. The molecule has 0 heterocycles. The third-order valence-corrected chi connectivity index (χ3v) is 0.224. The fourth-order valence-electron chi connectivity index (χ4n) is 0. The van der Waals surface area contributed by atoms with E-state index in [1.54, 1.807) is 0 Å². The van der Waals surface area contributed by atoms with Crippen molar-refractivity contribution in [3.8, 4) is 0 Å². The topological polar surface area (TPSA) is 74.6 Å². The first kappa shape index (κ1) is 29.7. The molecule has 98 valence electrons. The van der Waals surface area contributed by atoms with Gasteiger partial charge in [0, 0.05) is 13.5 Å². The van der Waals surface area contributed by atoms with Gasteiger partial charge < -0.3 is 24.1 Å². The molecule has 0 spiro atoms. The van der Waals surface area contributed by atoms with E-state index in [1.165, 1.54) is 0 Å². The molecule has 0 fully saturated rings. The molecule has 5 heteroatoms. The van der Waals surface area contributed by atoms with Crippen molar-refractivity contribution in [2.24, 2.45) is 0 Å². The van der Waals surface area contributed by atoms with Crippen LogP contribution in [0.5, 0.6) is 0 Å². The number of rotatable bonds is 1. The summed E-state index contributed by atoms with van der Waals surface area (Å²) in [6.07, 6.45) is 2.88. The van der Waals surface area contributed by atoms with Crippen LogP contribution in [0.4, 0.5) is 0 Å². The summed E-state index contributed by atoms with van der Waals surface area (Å²) < 4.78 is 8.25. The van der Waals surface area contributed by atoms with E-state index in [-0.39, 0.29) is 0 Å². The average Bonchev–Trinajstić information content (AvgIpc) is 2.22. The molecular weight excluding hydrogens is 244 g/mol. The summed E-state index contributed by atoms with van der Waals surface area (Å²) in [4.78, 5) is 9.00. The van der Waals surface area contributed by atoms with Crippen LogP contribution in [0.25, 0.3) is 0 Å². The van der Waals surface area contributed by atoms with Crippen LogP contribution in [0.3, 0.4) is 0 Å². The zero-order valence-corrected chi connectivity index (χ0v) is 12.5. The second-order valence-electron chi connectivity index (χ2n) is 2.24. The van der Waals surface area contributed by atoms with Crippen LogP contribution >= 0.6 is 0 Å². The summed E-state index contributed by atoms with van der Waals surface area (Å²) in [5.74, 6) is -0.833. The third-order valence-electron chi connectivity index (χ3n) is 0.224. The SMILES string of the molecule is CC(=O)O.CCCO.[CH2-]CC.[CH2-]CC.[O]=[Ti+2]. The first-order valence-corrected chi connectivity index (χ1v) is 5.71. The van der Waals surface area contributed by atoms with Gasteiger partial charge in [-0.3, -0.25) is 4.79 Å². The number of aliphatic hydroxyl groups excluding tert-OH is 1. The van der Waals surface area contributed by atoms with E-state index in [0.717, 1.165) is 46.6 Å². The molecule has 0 rings (SSSR count). The van der Waals surface area contributed by atoms with Crippen LogP contribution in [0.1, 0.15) is 47.0 Å². The summed E-state index contributed by atoms with van der Waals surface area (Å²) >= 11 is 0.750. The maximum absolute atomic E-state index is 9.00. The molecule has 0 saturated carbocycles. The Morgan fingerprint density at radius 1 is 1.12 bits per heavy atom. The molecule has 0 amide bonds. The molecule has 4 nitrogen and oxygen atoms in total. The molecule has 16 heavy (non-hydrogen) atoms. The van der Waals surface area contributed by atoms with E-state index in [4.69, 9.17) is 18.3 Å². The normalized spacial score (nSPS) is 6.06. The fraction of sp³-hybridized carbons (Fsp3) is 0.727. The maximum atomic E-state index is 9.00. The Labute approximate surface area is 112 Å². The van der Waals surface area contributed by atoms with Crippen LogP contribution in [0.15, 0.2) is 0 Å². The minimum absolute atomic E-state index is 0.319. The van der Waals surface area contributed by atoms with Gasteiger partial charge in [-0.25, -0.2) is 0 Å². The van der Waals surface area contributed by atoms with E-state index in [2.05, 4.69) is 13.8 Å². The van der Waals surface area contributed by atoms with Crippen molar-refractivity contribution in [1.82, 2.24) is 0 Å². The zero-order chi connectivity index (χ0) is 14.4. The van der Waals surface area contributed by atoms with E-state index in [0.29, 0.717) is 6.61 Å². The van der Waals surface area contributed by atoms with Crippen molar-refractivity contribution in [2.75, 3.05) is 6.61 Å².